The lowest BCUT2D eigenvalue weighted by Crippen LogP contribution is -2.53. The van der Waals surface area contributed by atoms with Crippen LogP contribution in [0, 0.1) is 23.5 Å². The second-order valence-corrected chi connectivity index (χ2v) is 10.5. The third-order valence-electron chi connectivity index (χ3n) is 6.93. The molecule has 0 radical (unpaired) electrons. The minimum atomic E-state index is -0.670. The van der Waals surface area contributed by atoms with Crippen molar-refractivity contribution in [1.29, 1.82) is 0 Å². The average Bonchev–Trinajstić information content (AvgIpc) is 3.62. The molecule has 3 aromatic rings. The van der Waals surface area contributed by atoms with Crippen LogP contribution in [0.1, 0.15) is 41.5 Å². The molecule has 1 aliphatic heterocycles. The molecule has 0 bridgehead atoms. The first kappa shape index (κ1) is 24.2. The van der Waals surface area contributed by atoms with E-state index in [1.807, 2.05) is 48.5 Å². The van der Waals surface area contributed by atoms with Gasteiger partial charge in [-0.25, -0.2) is 8.78 Å². The van der Waals surface area contributed by atoms with Crippen molar-refractivity contribution in [3.63, 3.8) is 0 Å². The molecule has 1 atom stereocenters. The highest BCUT2D eigenvalue weighted by Gasteiger charge is 2.42. The number of nitrogens with zero attached hydrogens (tertiary/aromatic N) is 1. The summed E-state index contributed by atoms with van der Waals surface area (Å²) in [6.07, 6.45) is 2.22. The molecule has 2 fully saturated rings. The first-order valence-electron chi connectivity index (χ1n) is 11.9. The van der Waals surface area contributed by atoms with Crippen molar-refractivity contribution in [3.8, 4) is 0 Å². The van der Waals surface area contributed by atoms with Crippen LogP contribution in [0.3, 0.4) is 0 Å². The lowest BCUT2D eigenvalue weighted by Gasteiger charge is -2.47. The summed E-state index contributed by atoms with van der Waals surface area (Å²) in [5.74, 6) is -1.68. The fourth-order valence-electron chi connectivity index (χ4n) is 4.94. The first-order chi connectivity index (χ1) is 16.9. The Balaban J connectivity index is 1.40. The average molecular weight is 515 g/mol. The van der Waals surface area contributed by atoms with Crippen molar-refractivity contribution >= 4 is 29.1 Å². The molecular formula is C28H26Cl2F2N2O. The molecule has 0 spiro atoms. The van der Waals surface area contributed by atoms with E-state index < -0.39 is 17.6 Å². The van der Waals surface area contributed by atoms with Gasteiger partial charge >= 0.3 is 0 Å². The zero-order valence-electron chi connectivity index (χ0n) is 19.1. The minimum absolute atomic E-state index is 0.0554. The molecule has 1 heterocycles. The van der Waals surface area contributed by atoms with Crippen LogP contribution >= 0.6 is 23.2 Å². The summed E-state index contributed by atoms with van der Waals surface area (Å²) in [6, 6.07) is 18.8. The Kier molecular flexibility index (Phi) is 7.10. The van der Waals surface area contributed by atoms with E-state index in [2.05, 4.69) is 10.2 Å². The van der Waals surface area contributed by atoms with E-state index >= 15 is 0 Å². The Morgan fingerprint density at radius 1 is 0.857 bits per heavy atom. The van der Waals surface area contributed by atoms with E-state index in [0.29, 0.717) is 41.2 Å². The number of halogens is 4. The van der Waals surface area contributed by atoms with Gasteiger partial charge in [-0.1, -0.05) is 47.5 Å². The van der Waals surface area contributed by atoms with Gasteiger partial charge in [-0.2, -0.15) is 0 Å². The lowest BCUT2D eigenvalue weighted by molar-refractivity contribution is -0.125. The smallest absolute Gasteiger partial charge is 0.227 e. The van der Waals surface area contributed by atoms with Crippen molar-refractivity contribution in [3.05, 3.63) is 105 Å². The van der Waals surface area contributed by atoms with Crippen LogP contribution in [0.5, 0.6) is 0 Å². The predicted octanol–water partition coefficient (Wildman–Crippen LogP) is 6.60. The number of rotatable bonds is 8. The molecular weight excluding hydrogens is 489 g/mol. The number of nitrogens with one attached hydrogen (secondary N) is 1. The van der Waals surface area contributed by atoms with Gasteiger partial charge in [-0.05, 0) is 71.8 Å². The number of amides is 1. The van der Waals surface area contributed by atoms with E-state index in [9.17, 15) is 13.6 Å². The third-order valence-corrected chi connectivity index (χ3v) is 7.44. The van der Waals surface area contributed by atoms with Gasteiger partial charge in [0.25, 0.3) is 0 Å². The van der Waals surface area contributed by atoms with Crippen molar-refractivity contribution in [2.45, 2.75) is 24.8 Å². The van der Waals surface area contributed by atoms with Gasteiger partial charge in [0, 0.05) is 41.7 Å². The van der Waals surface area contributed by atoms with E-state index in [1.54, 1.807) is 0 Å². The molecule has 35 heavy (non-hydrogen) atoms. The van der Waals surface area contributed by atoms with Gasteiger partial charge in [0.1, 0.15) is 11.6 Å². The Morgan fingerprint density at radius 3 is 1.86 bits per heavy atom. The molecule has 0 aromatic heterocycles. The van der Waals surface area contributed by atoms with Crippen molar-refractivity contribution in [2.75, 3.05) is 19.6 Å². The van der Waals surface area contributed by atoms with Crippen molar-refractivity contribution < 1.29 is 13.6 Å². The minimum Gasteiger partial charge on any atom is -0.355 e. The molecule has 182 valence electrons. The van der Waals surface area contributed by atoms with Crippen LogP contribution in [0.15, 0.2) is 66.7 Å². The highest BCUT2D eigenvalue weighted by atomic mass is 35.5. The summed E-state index contributed by atoms with van der Waals surface area (Å²) in [5, 5.41) is 4.34. The first-order valence-corrected chi connectivity index (χ1v) is 12.6. The molecule has 1 aliphatic carbocycles. The third kappa shape index (κ3) is 5.69. The maximum Gasteiger partial charge on any atom is 0.227 e. The van der Waals surface area contributed by atoms with Crippen LogP contribution < -0.4 is 5.32 Å². The fourth-order valence-corrected chi connectivity index (χ4v) is 5.20. The van der Waals surface area contributed by atoms with Crippen LogP contribution in [0.25, 0.3) is 0 Å². The van der Waals surface area contributed by atoms with Gasteiger partial charge in [0.15, 0.2) is 0 Å². The summed E-state index contributed by atoms with van der Waals surface area (Å²) < 4.78 is 28.1. The molecule has 0 unspecified atom stereocenters. The monoisotopic (exact) mass is 514 g/mol. The highest BCUT2D eigenvalue weighted by molar-refractivity contribution is 6.30. The largest absolute Gasteiger partial charge is 0.355 e. The fraction of sp³-hybridized carbons (Fsp3) is 0.321. The maximum absolute atomic E-state index is 14.1. The van der Waals surface area contributed by atoms with Crippen LogP contribution in [-0.4, -0.2) is 30.4 Å². The van der Waals surface area contributed by atoms with Crippen LogP contribution in [0.2, 0.25) is 10.0 Å². The number of carbonyl (C=O) groups is 1. The quantitative estimate of drug-likeness (QED) is 0.367. The molecule has 2 aliphatic rings. The second kappa shape index (κ2) is 10.3. The Hall–Kier alpha value is -2.47. The molecule has 3 aromatic carbocycles. The molecule has 1 amide bonds. The summed E-state index contributed by atoms with van der Waals surface area (Å²) >= 11 is 12.2. The molecule has 3 nitrogen and oxygen atoms in total. The lowest BCUT2D eigenvalue weighted by atomic mass is 9.78. The Morgan fingerprint density at radius 2 is 1.37 bits per heavy atom. The molecule has 7 heteroatoms. The van der Waals surface area contributed by atoms with Crippen molar-refractivity contribution in [2.24, 2.45) is 11.8 Å². The Bertz CT molecular complexity index is 1130. The summed E-state index contributed by atoms with van der Waals surface area (Å²) in [4.78, 5) is 15.5. The topological polar surface area (TPSA) is 32.3 Å². The second-order valence-electron chi connectivity index (χ2n) is 9.59. The van der Waals surface area contributed by atoms with Gasteiger partial charge < -0.3 is 5.32 Å². The molecule has 1 saturated heterocycles. The number of hydrogen-bond donors (Lipinski definition) is 1. The SMILES string of the molecule is O=C(NCC1CC1)[C@H](c1cc(F)cc(F)c1)C1CN(C(c2ccc(Cl)cc2)c2ccc(Cl)cc2)C1. The van der Waals surface area contributed by atoms with E-state index in [-0.39, 0.29) is 17.9 Å². The van der Waals surface area contributed by atoms with E-state index in [0.717, 1.165) is 30.0 Å². The number of benzene rings is 3. The standard InChI is InChI=1S/C28H26Cl2F2N2O/c29-22-7-3-18(4-8-22)27(19-5-9-23(30)10-6-19)34-15-21(16-34)26(28(35)33-14-17-1-2-17)20-11-24(31)13-25(32)12-20/h3-13,17,21,26-27H,1-2,14-16H2,(H,33,35)/t26-/m1/s1. The van der Waals surface area contributed by atoms with Gasteiger partial charge in [-0.15, -0.1) is 0 Å². The number of likely N-dealkylation sites (tertiary alicyclic amines) is 1. The molecule has 1 N–H and O–H groups in total. The van der Waals surface area contributed by atoms with Crippen LogP contribution in [-0.2, 0) is 4.79 Å². The van der Waals surface area contributed by atoms with E-state index in [1.165, 1.54) is 12.1 Å². The normalized spacial score (nSPS) is 17.3. The number of carbonyl (C=O) groups excluding carboxylic acids is 1. The molecule has 5 rings (SSSR count). The molecule has 1 saturated carbocycles. The maximum atomic E-state index is 14.1. The zero-order valence-corrected chi connectivity index (χ0v) is 20.6. The summed E-state index contributed by atoms with van der Waals surface area (Å²) in [5.41, 5.74) is 2.53. The highest BCUT2D eigenvalue weighted by Crippen LogP contribution is 2.41. The van der Waals surface area contributed by atoms with Gasteiger partial charge in [-0.3, -0.25) is 9.69 Å². The Labute approximate surface area is 214 Å². The van der Waals surface area contributed by atoms with Crippen molar-refractivity contribution in [1.82, 2.24) is 10.2 Å². The summed E-state index contributed by atoms with van der Waals surface area (Å²) in [7, 11) is 0. The zero-order chi connectivity index (χ0) is 24.5. The van der Waals surface area contributed by atoms with Gasteiger partial charge in [0.2, 0.25) is 5.91 Å². The van der Waals surface area contributed by atoms with Crippen LogP contribution in [0.4, 0.5) is 8.78 Å². The van der Waals surface area contributed by atoms with E-state index in [4.69, 9.17) is 23.2 Å². The number of hydrogen-bond acceptors (Lipinski definition) is 2. The predicted molar refractivity (Wildman–Crippen MR) is 135 cm³/mol. The van der Waals surface area contributed by atoms with Gasteiger partial charge in [0.05, 0.1) is 12.0 Å². The summed E-state index contributed by atoms with van der Waals surface area (Å²) in [6.45, 7) is 1.83.